The number of hydrogen-bond acceptors (Lipinski definition) is 0. The Bertz CT molecular complexity index is 1110. The zero-order valence-electron chi connectivity index (χ0n) is 18.7. The predicted octanol–water partition coefficient (Wildman–Crippen LogP) is 8.60. The Labute approximate surface area is 181 Å². The highest BCUT2D eigenvalue weighted by Gasteiger charge is 2.14. The molecule has 0 spiro atoms. The summed E-state index contributed by atoms with van der Waals surface area (Å²) in [5.74, 6) is 0. The lowest BCUT2D eigenvalue weighted by molar-refractivity contribution is 0.590. The topological polar surface area (TPSA) is 0 Å². The van der Waals surface area contributed by atoms with Gasteiger partial charge in [0.15, 0.2) is 0 Å². The number of benzene rings is 4. The largest absolute Gasteiger partial charge is 0.0620 e. The molecule has 0 N–H and O–H groups in total. The summed E-state index contributed by atoms with van der Waals surface area (Å²) in [6.07, 6.45) is 0. The van der Waals surface area contributed by atoms with Gasteiger partial charge in [-0.25, -0.2) is 0 Å². The van der Waals surface area contributed by atoms with Crippen molar-refractivity contribution < 1.29 is 0 Å². The minimum absolute atomic E-state index is 0.161. The Morgan fingerprint density at radius 1 is 0.467 bits per heavy atom. The Kier molecular flexibility index (Phi) is 5.35. The highest BCUT2D eigenvalue weighted by Crippen LogP contribution is 2.35. The predicted molar refractivity (Wildman–Crippen MR) is 131 cm³/mol. The molecule has 0 aliphatic heterocycles. The first-order valence-electron chi connectivity index (χ1n) is 10.7. The molecule has 0 fully saturated rings. The van der Waals surface area contributed by atoms with Crippen LogP contribution in [0.2, 0.25) is 0 Å². The molecule has 0 aliphatic rings. The number of hydrogen-bond donors (Lipinski definition) is 0. The summed E-state index contributed by atoms with van der Waals surface area (Å²) in [7, 11) is 0. The van der Waals surface area contributed by atoms with Crippen molar-refractivity contribution >= 4 is 0 Å². The molecule has 0 saturated heterocycles. The van der Waals surface area contributed by atoms with Crippen molar-refractivity contribution in [3.8, 4) is 33.4 Å². The zero-order valence-corrected chi connectivity index (χ0v) is 18.7. The molecule has 0 heteroatoms. The summed E-state index contributed by atoms with van der Waals surface area (Å²) >= 11 is 0. The van der Waals surface area contributed by atoms with Crippen LogP contribution in [-0.4, -0.2) is 0 Å². The summed E-state index contributed by atoms with van der Waals surface area (Å²) in [4.78, 5) is 0. The highest BCUT2D eigenvalue weighted by molar-refractivity contribution is 5.83. The molecule has 30 heavy (non-hydrogen) atoms. The van der Waals surface area contributed by atoms with Gasteiger partial charge in [0, 0.05) is 0 Å². The van der Waals surface area contributed by atoms with E-state index in [1.165, 1.54) is 50.1 Å². The molecule has 4 rings (SSSR count). The average Bonchev–Trinajstić information content (AvgIpc) is 2.73. The van der Waals surface area contributed by atoms with E-state index in [1.54, 1.807) is 0 Å². The highest BCUT2D eigenvalue weighted by atomic mass is 14.2. The number of rotatable bonds is 3. The molecule has 0 atom stereocenters. The van der Waals surface area contributed by atoms with Gasteiger partial charge >= 0.3 is 0 Å². The van der Waals surface area contributed by atoms with Gasteiger partial charge < -0.3 is 0 Å². The molecule has 0 aromatic heterocycles. The second kappa shape index (κ2) is 7.95. The van der Waals surface area contributed by atoms with Crippen LogP contribution in [0, 0.1) is 13.8 Å². The summed E-state index contributed by atoms with van der Waals surface area (Å²) in [6.45, 7) is 11.2. The first-order valence-corrected chi connectivity index (χ1v) is 10.7. The van der Waals surface area contributed by atoms with Crippen LogP contribution >= 0.6 is 0 Å². The summed E-state index contributed by atoms with van der Waals surface area (Å²) in [6, 6.07) is 33.3. The zero-order chi connectivity index (χ0) is 21.3. The van der Waals surface area contributed by atoms with E-state index in [9.17, 15) is 0 Å². The Morgan fingerprint density at radius 3 is 1.33 bits per heavy atom. The first-order chi connectivity index (χ1) is 14.3. The van der Waals surface area contributed by atoms with Crippen LogP contribution in [0.4, 0.5) is 0 Å². The molecule has 0 saturated carbocycles. The van der Waals surface area contributed by atoms with Crippen LogP contribution in [0.15, 0.2) is 91.0 Å². The molecule has 0 radical (unpaired) electrons. The van der Waals surface area contributed by atoms with Gasteiger partial charge in [-0.15, -0.1) is 0 Å². The molecule has 0 nitrogen and oxygen atoms in total. The van der Waals surface area contributed by atoms with Crippen LogP contribution in [-0.2, 0) is 5.41 Å². The molecule has 0 aliphatic carbocycles. The second-order valence-corrected chi connectivity index (χ2v) is 9.26. The van der Waals surface area contributed by atoms with E-state index in [0.717, 1.165) is 0 Å². The maximum absolute atomic E-state index is 2.33. The lowest BCUT2D eigenvalue weighted by Gasteiger charge is -2.19. The van der Waals surface area contributed by atoms with E-state index in [0.29, 0.717) is 0 Å². The van der Waals surface area contributed by atoms with Gasteiger partial charge in [-0.3, -0.25) is 0 Å². The van der Waals surface area contributed by atoms with E-state index in [1.807, 2.05) is 0 Å². The van der Waals surface area contributed by atoms with E-state index in [4.69, 9.17) is 0 Å². The third kappa shape index (κ3) is 4.09. The quantitative estimate of drug-likeness (QED) is 0.328. The van der Waals surface area contributed by atoms with E-state index in [-0.39, 0.29) is 5.41 Å². The Hall–Kier alpha value is -3.12. The van der Waals surface area contributed by atoms with E-state index >= 15 is 0 Å². The standard InChI is InChI=1S/C30H30/c1-21-10-6-8-12-28(21)25-18-24(23-14-16-27(17-15-23)30(3,4)5)19-26(20-25)29-13-9-7-11-22(29)2/h6-20H,1-5H3. The van der Waals surface area contributed by atoms with E-state index < -0.39 is 0 Å². The van der Waals surface area contributed by atoms with Gasteiger partial charge in [-0.05, 0) is 87.5 Å². The molecule has 0 heterocycles. The molecule has 0 bridgehead atoms. The Morgan fingerprint density at radius 2 is 0.900 bits per heavy atom. The van der Waals surface area contributed by atoms with Crippen molar-refractivity contribution in [3.63, 3.8) is 0 Å². The maximum atomic E-state index is 2.33. The van der Waals surface area contributed by atoms with E-state index in [2.05, 4.69) is 126 Å². The maximum Gasteiger partial charge on any atom is -0.0132 e. The van der Waals surface area contributed by atoms with Crippen molar-refractivity contribution in [2.45, 2.75) is 40.0 Å². The molecule has 0 unspecified atom stereocenters. The van der Waals surface area contributed by atoms with Gasteiger partial charge in [-0.2, -0.15) is 0 Å². The SMILES string of the molecule is Cc1ccccc1-c1cc(-c2ccc(C(C)(C)C)cc2)cc(-c2ccccc2C)c1. The van der Waals surface area contributed by atoms with Crippen LogP contribution in [0.1, 0.15) is 37.5 Å². The smallest absolute Gasteiger partial charge is 0.0132 e. The van der Waals surface area contributed by atoms with Crippen LogP contribution < -0.4 is 0 Å². The minimum atomic E-state index is 0.161. The lowest BCUT2D eigenvalue weighted by Crippen LogP contribution is -2.10. The summed E-state index contributed by atoms with van der Waals surface area (Å²) < 4.78 is 0. The van der Waals surface area contributed by atoms with Gasteiger partial charge in [0.1, 0.15) is 0 Å². The molecule has 150 valence electrons. The number of aryl methyl sites for hydroxylation is 2. The Balaban J connectivity index is 1.90. The minimum Gasteiger partial charge on any atom is -0.0620 e. The van der Waals surface area contributed by atoms with Crippen LogP contribution in [0.25, 0.3) is 33.4 Å². The van der Waals surface area contributed by atoms with Gasteiger partial charge in [0.25, 0.3) is 0 Å². The van der Waals surface area contributed by atoms with Crippen molar-refractivity contribution in [2.75, 3.05) is 0 Å². The fourth-order valence-electron chi connectivity index (χ4n) is 4.06. The monoisotopic (exact) mass is 390 g/mol. The van der Waals surface area contributed by atoms with Crippen molar-refractivity contribution in [2.24, 2.45) is 0 Å². The molecule has 0 amide bonds. The van der Waals surface area contributed by atoms with Gasteiger partial charge in [0.2, 0.25) is 0 Å². The molecule has 4 aromatic rings. The molecular weight excluding hydrogens is 360 g/mol. The van der Waals surface area contributed by atoms with Gasteiger partial charge in [-0.1, -0.05) is 93.6 Å². The fraction of sp³-hybridized carbons (Fsp3) is 0.200. The van der Waals surface area contributed by atoms with Crippen LogP contribution in [0.3, 0.4) is 0 Å². The van der Waals surface area contributed by atoms with Crippen molar-refractivity contribution in [1.82, 2.24) is 0 Å². The van der Waals surface area contributed by atoms with Gasteiger partial charge in [0.05, 0.1) is 0 Å². The average molecular weight is 391 g/mol. The molecule has 4 aromatic carbocycles. The fourth-order valence-corrected chi connectivity index (χ4v) is 4.06. The lowest BCUT2D eigenvalue weighted by atomic mass is 9.85. The van der Waals surface area contributed by atoms with Crippen molar-refractivity contribution in [3.05, 3.63) is 108 Å². The molecular formula is C30H30. The van der Waals surface area contributed by atoms with Crippen molar-refractivity contribution in [1.29, 1.82) is 0 Å². The second-order valence-electron chi connectivity index (χ2n) is 9.26. The third-order valence-corrected chi connectivity index (χ3v) is 5.93. The summed E-state index contributed by atoms with van der Waals surface area (Å²) in [5, 5.41) is 0. The van der Waals surface area contributed by atoms with Crippen LogP contribution in [0.5, 0.6) is 0 Å². The summed E-state index contributed by atoms with van der Waals surface area (Å²) in [5.41, 5.74) is 11.8. The first kappa shape index (κ1) is 20.2. The normalized spacial score (nSPS) is 11.5. The third-order valence-electron chi connectivity index (χ3n) is 5.93.